The van der Waals surface area contributed by atoms with Crippen molar-refractivity contribution in [3.63, 3.8) is 0 Å². The summed E-state index contributed by atoms with van der Waals surface area (Å²) in [5.41, 5.74) is 1.70. The topological polar surface area (TPSA) is 24.5 Å². The Bertz CT molecular complexity index is 425. The van der Waals surface area contributed by atoms with Crippen LogP contribution in [0.15, 0.2) is 18.2 Å². The van der Waals surface area contributed by atoms with Gasteiger partial charge in [-0.2, -0.15) is 0 Å². The first-order chi connectivity index (χ1) is 10.1. The summed E-state index contributed by atoms with van der Waals surface area (Å²) in [4.78, 5) is 2.20. The standard InChI is InChI=1S/C17H29FN2O/c1-6-11-19-14(4)17-15(18)9-8-10-16(17)20(7-2)13(3)12-21-5/h8-10,13-14,19H,6-7,11-12H2,1-5H3. The Morgan fingerprint density at radius 2 is 2.00 bits per heavy atom. The van der Waals surface area contributed by atoms with Gasteiger partial charge in [-0.1, -0.05) is 13.0 Å². The van der Waals surface area contributed by atoms with Crippen LogP contribution in [0.4, 0.5) is 10.1 Å². The molecule has 0 aromatic heterocycles. The van der Waals surface area contributed by atoms with Gasteiger partial charge in [-0.15, -0.1) is 0 Å². The molecule has 21 heavy (non-hydrogen) atoms. The third-order valence-corrected chi connectivity index (χ3v) is 3.75. The molecule has 2 atom stereocenters. The molecule has 1 aromatic carbocycles. The SMILES string of the molecule is CCCNC(C)c1c(F)cccc1N(CC)C(C)COC. The Balaban J connectivity index is 3.12. The first-order valence-electron chi connectivity index (χ1n) is 7.84. The van der Waals surface area contributed by atoms with E-state index in [-0.39, 0.29) is 17.9 Å². The lowest BCUT2D eigenvalue weighted by Crippen LogP contribution is -2.37. The second-order valence-electron chi connectivity index (χ2n) is 5.44. The molecule has 0 heterocycles. The first-order valence-corrected chi connectivity index (χ1v) is 7.84. The maximum Gasteiger partial charge on any atom is 0.130 e. The summed E-state index contributed by atoms with van der Waals surface area (Å²) in [6.45, 7) is 10.7. The van der Waals surface area contributed by atoms with Crippen LogP contribution in [0.5, 0.6) is 0 Å². The number of benzene rings is 1. The molecule has 0 saturated heterocycles. The fourth-order valence-electron chi connectivity index (χ4n) is 2.72. The number of nitrogens with one attached hydrogen (secondary N) is 1. The molecular weight excluding hydrogens is 267 g/mol. The molecule has 0 aliphatic heterocycles. The largest absolute Gasteiger partial charge is 0.383 e. The summed E-state index contributed by atoms with van der Waals surface area (Å²) in [5.74, 6) is -0.147. The highest BCUT2D eigenvalue weighted by Gasteiger charge is 2.21. The summed E-state index contributed by atoms with van der Waals surface area (Å²) in [7, 11) is 1.70. The second kappa shape index (κ2) is 9.00. The minimum Gasteiger partial charge on any atom is -0.383 e. The van der Waals surface area contributed by atoms with Gasteiger partial charge in [0.05, 0.1) is 6.61 Å². The molecule has 120 valence electrons. The number of rotatable bonds is 9. The molecule has 0 saturated carbocycles. The maximum absolute atomic E-state index is 14.4. The Kier molecular flexibility index (Phi) is 7.68. The monoisotopic (exact) mass is 296 g/mol. The molecule has 0 fully saturated rings. The van der Waals surface area contributed by atoms with Crippen LogP contribution < -0.4 is 10.2 Å². The van der Waals surface area contributed by atoms with Crippen LogP contribution in [0.1, 0.15) is 45.7 Å². The van der Waals surface area contributed by atoms with Crippen LogP contribution in [0.2, 0.25) is 0 Å². The highest BCUT2D eigenvalue weighted by molar-refractivity contribution is 5.56. The molecule has 1 N–H and O–H groups in total. The first kappa shape index (κ1) is 17.9. The van der Waals surface area contributed by atoms with E-state index < -0.39 is 0 Å². The van der Waals surface area contributed by atoms with Crippen LogP contribution in [0, 0.1) is 5.82 Å². The lowest BCUT2D eigenvalue weighted by molar-refractivity contribution is 0.182. The van der Waals surface area contributed by atoms with E-state index in [0.717, 1.165) is 30.8 Å². The van der Waals surface area contributed by atoms with Gasteiger partial charge in [-0.05, 0) is 45.9 Å². The van der Waals surface area contributed by atoms with E-state index in [0.29, 0.717) is 6.61 Å². The minimum atomic E-state index is -0.147. The van der Waals surface area contributed by atoms with Gasteiger partial charge in [-0.3, -0.25) is 0 Å². The van der Waals surface area contributed by atoms with Crippen molar-refractivity contribution < 1.29 is 9.13 Å². The van der Waals surface area contributed by atoms with E-state index in [1.165, 1.54) is 6.07 Å². The van der Waals surface area contributed by atoms with E-state index in [2.05, 4.69) is 31.0 Å². The van der Waals surface area contributed by atoms with Gasteiger partial charge in [0.2, 0.25) is 0 Å². The fraction of sp³-hybridized carbons (Fsp3) is 0.647. The molecule has 0 aliphatic rings. The summed E-state index contributed by atoms with van der Waals surface area (Å²) in [6, 6.07) is 5.52. The molecule has 0 aliphatic carbocycles. The molecule has 1 rings (SSSR count). The number of anilines is 1. The molecule has 0 radical (unpaired) electrons. The number of hydrogen-bond acceptors (Lipinski definition) is 3. The van der Waals surface area contributed by atoms with Gasteiger partial charge in [0.1, 0.15) is 5.82 Å². The van der Waals surface area contributed by atoms with Gasteiger partial charge < -0.3 is 15.0 Å². The zero-order valence-electron chi connectivity index (χ0n) is 13.9. The summed E-state index contributed by atoms with van der Waals surface area (Å²) in [6.07, 6.45) is 1.03. The second-order valence-corrected chi connectivity index (χ2v) is 5.44. The van der Waals surface area contributed by atoms with Crippen molar-refractivity contribution in [1.29, 1.82) is 0 Å². The molecule has 4 heteroatoms. The molecular formula is C17H29FN2O. The van der Waals surface area contributed by atoms with Crippen molar-refractivity contribution in [3.8, 4) is 0 Å². The third kappa shape index (κ3) is 4.68. The van der Waals surface area contributed by atoms with E-state index >= 15 is 0 Å². The minimum absolute atomic E-state index is 0.00931. The van der Waals surface area contributed by atoms with Crippen LogP contribution in [-0.2, 0) is 4.74 Å². The number of ether oxygens (including phenoxy) is 1. The Morgan fingerprint density at radius 1 is 1.29 bits per heavy atom. The van der Waals surface area contributed by atoms with Crippen molar-refractivity contribution >= 4 is 5.69 Å². The van der Waals surface area contributed by atoms with Gasteiger partial charge in [0, 0.05) is 37.0 Å². The van der Waals surface area contributed by atoms with Crippen molar-refractivity contribution in [1.82, 2.24) is 5.32 Å². The zero-order chi connectivity index (χ0) is 15.8. The predicted molar refractivity (Wildman–Crippen MR) is 87.5 cm³/mol. The summed E-state index contributed by atoms with van der Waals surface area (Å²) in [5, 5.41) is 3.38. The number of likely N-dealkylation sites (N-methyl/N-ethyl adjacent to an activating group) is 1. The highest BCUT2D eigenvalue weighted by Crippen LogP contribution is 2.30. The zero-order valence-corrected chi connectivity index (χ0v) is 13.9. The number of methoxy groups -OCH3 is 1. The molecule has 0 bridgehead atoms. The summed E-state index contributed by atoms with van der Waals surface area (Å²) < 4.78 is 19.6. The smallest absolute Gasteiger partial charge is 0.130 e. The van der Waals surface area contributed by atoms with E-state index in [1.807, 2.05) is 13.0 Å². The molecule has 0 spiro atoms. The van der Waals surface area contributed by atoms with E-state index in [9.17, 15) is 4.39 Å². The van der Waals surface area contributed by atoms with Crippen molar-refractivity contribution in [3.05, 3.63) is 29.6 Å². The van der Waals surface area contributed by atoms with Crippen LogP contribution in [-0.4, -0.2) is 32.8 Å². The highest BCUT2D eigenvalue weighted by atomic mass is 19.1. The molecule has 2 unspecified atom stereocenters. The van der Waals surface area contributed by atoms with Crippen molar-refractivity contribution in [2.45, 2.75) is 46.2 Å². The lowest BCUT2D eigenvalue weighted by Gasteiger charge is -2.33. The molecule has 3 nitrogen and oxygen atoms in total. The number of halogens is 1. The third-order valence-electron chi connectivity index (χ3n) is 3.75. The average Bonchev–Trinajstić information content (AvgIpc) is 2.46. The quantitative estimate of drug-likeness (QED) is 0.751. The van der Waals surface area contributed by atoms with Crippen molar-refractivity contribution in [2.75, 3.05) is 31.7 Å². The average molecular weight is 296 g/mol. The van der Waals surface area contributed by atoms with Gasteiger partial charge in [0.25, 0.3) is 0 Å². The van der Waals surface area contributed by atoms with Crippen LogP contribution >= 0.6 is 0 Å². The number of hydrogen-bond donors (Lipinski definition) is 1. The molecule has 1 aromatic rings. The lowest BCUT2D eigenvalue weighted by atomic mass is 10.0. The predicted octanol–water partition coefficient (Wildman–Crippen LogP) is 3.75. The summed E-state index contributed by atoms with van der Waals surface area (Å²) >= 11 is 0. The number of nitrogens with zero attached hydrogens (tertiary/aromatic N) is 1. The van der Waals surface area contributed by atoms with E-state index in [4.69, 9.17) is 4.74 Å². The van der Waals surface area contributed by atoms with Crippen LogP contribution in [0.25, 0.3) is 0 Å². The normalized spacial score (nSPS) is 14.0. The van der Waals surface area contributed by atoms with E-state index in [1.54, 1.807) is 13.2 Å². The van der Waals surface area contributed by atoms with Gasteiger partial charge in [0.15, 0.2) is 0 Å². The van der Waals surface area contributed by atoms with Crippen molar-refractivity contribution in [2.24, 2.45) is 0 Å². The van der Waals surface area contributed by atoms with Crippen LogP contribution in [0.3, 0.4) is 0 Å². The Morgan fingerprint density at radius 3 is 2.57 bits per heavy atom. The fourth-order valence-corrected chi connectivity index (χ4v) is 2.72. The molecule has 0 amide bonds. The maximum atomic E-state index is 14.4. The van der Waals surface area contributed by atoms with Gasteiger partial charge in [-0.25, -0.2) is 4.39 Å². The Labute approximate surface area is 128 Å². The Hall–Kier alpha value is -1.13. The van der Waals surface area contributed by atoms with Gasteiger partial charge >= 0.3 is 0 Å².